The third-order valence-corrected chi connectivity index (χ3v) is 2.45. The molecule has 0 aliphatic carbocycles. The van der Waals surface area contributed by atoms with Crippen molar-refractivity contribution in [3.63, 3.8) is 0 Å². The summed E-state index contributed by atoms with van der Waals surface area (Å²) in [7, 11) is 0. The van der Waals surface area contributed by atoms with E-state index in [-0.39, 0.29) is 6.61 Å². The van der Waals surface area contributed by atoms with Crippen LogP contribution in [-0.2, 0) is 6.42 Å². The highest BCUT2D eigenvalue weighted by Gasteiger charge is 2.08. The predicted molar refractivity (Wildman–Crippen MR) is 62.9 cm³/mol. The van der Waals surface area contributed by atoms with Gasteiger partial charge in [0.1, 0.15) is 5.82 Å². The number of nitrogens with zero attached hydrogens (tertiary/aromatic N) is 2. The minimum Gasteiger partial charge on any atom is -0.396 e. The van der Waals surface area contributed by atoms with Crippen LogP contribution in [0.4, 0.5) is 8.78 Å². The van der Waals surface area contributed by atoms with E-state index in [9.17, 15) is 8.78 Å². The smallest absolute Gasteiger partial charge is 0.159 e. The monoisotopic (exact) mass is 250 g/mol. The second-order valence-electron chi connectivity index (χ2n) is 3.91. The van der Waals surface area contributed by atoms with Gasteiger partial charge in [-0.1, -0.05) is 0 Å². The first-order chi connectivity index (χ1) is 8.60. The largest absolute Gasteiger partial charge is 0.396 e. The average molecular weight is 250 g/mol. The average Bonchev–Trinajstić information content (AvgIpc) is 2.32. The Morgan fingerprint density at radius 1 is 1.11 bits per heavy atom. The molecule has 1 aromatic heterocycles. The fourth-order valence-corrected chi connectivity index (χ4v) is 1.65. The summed E-state index contributed by atoms with van der Waals surface area (Å²) in [6.45, 7) is 1.73. The molecule has 94 valence electrons. The van der Waals surface area contributed by atoms with E-state index in [1.165, 1.54) is 6.07 Å². The van der Waals surface area contributed by atoms with Gasteiger partial charge in [0.2, 0.25) is 0 Å². The van der Waals surface area contributed by atoms with Gasteiger partial charge in [-0.2, -0.15) is 0 Å². The van der Waals surface area contributed by atoms with Crippen molar-refractivity contribution in [1.82, 2.24) is 9.97 Å². The molecule has 0 spiro atoms. The summed E-state index contributed by atoms with van der Waals surface area (Å²) in [4.78, 5) is 8.35. The third kappa shape index (κ3) is 2.68. The fourth-order valence-electron chi connectivity index (χ4n) is 1.65. The fraction of sp³-hybridized carbons (Fsp3) is 0.231. The van der Waals surface area contributed by atoms with Gasteiger partial charge in [-0.25, -0.2) is 18.7 Å². The lowest BCUT2D eigenvalue weighted by atomic mass is 10.1. The minimum absolute atomic E-state index is 0.0549. The van der Waals surface area contributed by atoms with Crippen LogP contribution in [0.15, 0.2) is 24.3 Å². The number of aryl methyl sites for hydroxylation is 1. The van der Waals surface area contributed by atoms with E-state index >= 15 is 0 Å². The van der Waals surface area contributed by atoms with Crippen LogP contribution >= 0.6 is 0 Å². The molecule has 0 atom stereocenters. The van der Waals surface area contributed by atoms with Crippen molar-refractivity contribution in [2.75, 3.05) is 6.61 Å². The standard InChI is InChI=1S/C13H12F2N2O/c1-8-6-12(17-13(16-8)4-5-18)9-2-3-10(14)11(15)7-9/h2-3,6-7,18H,4-5H2,1H3. The molecule has 2 rings (SSSR count). The molecule has 0 radical (unpaired) electrons. The number of aliphatic hydroxyl groups is 1. The second kappa shape index (κ2) is 5.18. The topological polar surface area (TPSA) is 46.0 Å². The molecule has 0 amide bonds. The number of rotatable bonds is 3. The van der Waals surface area contributed by atoms with E-state index in [0.717, 1.165) is 12.1 Å². The van der Waals surface area contributed by atoms with Crippen molar-refractivity contribution in [2.24, 2.45) is 0 Å². The van der Waals surface area contributed by atoms with Crippen molar-refractivity contribution in [3.05, 3.63) is 47.4 Å². The summed E-state index contributed by atoms with van der Waals surface area (Å²) in [5, 5.41) is 8.86. The molecule has 18 heavy (non-hydrogen) atoms. The van der Waals surface area contributed by atoms with Crippen molar-refractivity contribution in [3.8, 4) is 11.3 Å². The van der Waals surface area contributed by atoms with Crippen LogP contribution in [0, 0.1) is 18.6 Å². The summed E-state index contributed by atoms with van der Waals surface area (Å²) >= 11 is 0. The molecule has 0 saturated heterocycles. The van der Waals surface area contributed by atoms with E-state index in [1.807, 2.05) is 0 Å². The van der Waals surface area contributed by atoms with E-state index in [4.69, 9.17) is 5.11 Å². The van der Waals surface area contributed by atoms with Crippen LogP contribution in [0.2, 0.25) is 0 Å². The molecule has 0 aliphatic rings. The van der Waals surface area contributed by atoms with Crippen LogP contribution in [0.5, 0.6) is 0 Å². The van der Waals surface area contributed by atoms with Gasteiger partial charge < -0.3 is 5.11 Å². The molecular formula is C13H12F2N2O. The number of halogens is 2. The summed E-state index contributed by atoms with van der Waals surface area (Å²) in [6.07, 6.45) is 0.332. The second-order valence-corrected chi connectivity index (χ2v) is 3.91. The van der Waals surface area contributed by atoms with Gasteiger partial charge in [0.25, 0.3) is 0 Å². The first-order valence-electron chi connectivity index (χ1n) is 5.51. The Labute approximate surface area is 103 Å². The summed E-state index contributed by atoms with van der Waals surface area (Å²) in [6, 6.07) is 5.31. The molecule has 1 aromatic carbocycles. The molecule has 1 N–H and O–H groups in total. The molecule has 0 aliphatic heterocycles. The Morgan fingerprint density at radius 2 is 1.89 bits per heavy atom. The molecule has 3 nitrogen and oxygen atoms in total. The molecule has 1 heterocycles. The molecule has 0 unspecified atom stereocenters. The van der Waals surface area contributed by atoms with Gasteiger partial charge in [0, 0.05) is 17.7 Å². The highest BCUT2D eigenvalue weighted by Crippen LogP contribution is 2.20. The van der Waals surface area contributed by atoms with Crippen LogP contribution < -0.4 is 0 Å². The lowest BCUT2D eigenvalue weighted by Gasteiger charge is -2.05. The Kier molecular flexibility index (Phi) is 3.62. The zero-order chi connectivity index (χ0) is 13.1. The Bertz CT molecular complexity index is 573. The van der Waals surface area contributed by atoms with Gasteiger partial charge in [0.15, 0.2) is 11.6 Å². The number of hydrogen-bond acceptors (Lipinski definition) is 3. The van der Waals surface area contributed by atoms with Gasteiger partial charge >= 0.3 is 0 Å². The zero-order valence-corrected chi connectivity index (χ0v) is 9.82. The van der Waals surface area contributed by atoms with Gasteiger partial charge in [0.05, 0.1) is 12.3 Å². The number of aliphatic hydroxyl groups excluding tert-OH is 1. The molecule has 0 bridgehead atoms. The van der Waals surface area contributed by atoms with E-state index in [2.05, 4.69) is 9.97 Å². The van der Waals surface area contributed by atoms with E-state index in [1.54, 1.807) is 13.0 Å². The Hall–Kier alpha value is -1.88. The quantitative estimate of drug-likeness (QED) is 0.908. The summed E-state index contributed by atoms with van der Waals surface area (Å²) in [5.41, 5.74) is 1.72. The van der Waals surface area contributed by atoms with Crippen molar-refractivity contribution < 1.29 is 13.9 Å². The maximum atomic E-state index is 13.2. The summed E-state index contributed by atoms with van der Waals surface area (Å²) < 4.78 is 26.0. The van der Waals surface area contributed by atoms with Crippen LogP contribution in [-0.4, -0.2) is 21.7 Å². The minimum atomic E-state index is -0.910. The Morgan fingerprint density at radius 3 is 2.56 bits per heavy atom. The normalized spacial score (nSPS) is 10.7. The number of benzene rings is 1. The van der Waals surface area contributed by atoms with Crippen LogP contribution in [0.25, 0.3) is 11.3 Å². The van der Waals surface area contributed by atoms with Gasteiger partial charge in [-0.15, -0.1) is 0 Å². The van der Waals surface area contributed by atoms with E-state index in [0.29, 0.717) is 29.2 Å². The van der Waals surface area contributed by atoms with Crippen molar-refractivity contribution in [1.29, 1.82) is 0 Å². The first kappa shape index (κ1) is 12.6. The van der Waals surface area contributed by atoms with Crippen molar-refractivity contribution in [2.45, 2.75) is 13.3 Å². The molecular weight excluding hydrogens is 238 g/mol. The maximum absolute atomic E-state index is 13.2. The Balaban J connectivity index is 2.46. The number of hydrogen-bond donors (Lipinski definition) is 1. The maximum Gasteiger partial charge on any atom is 0.159 e. The van der Waals surface area contributed by atoms with Crippen LogP contribution in [0.3, 0.4) is 0 Å². The molecule has 5 heteroatoms. The van der Waals surface area contributed by atoms with E-state index < -0.39 is 11.6 Å². The lowest BCUT2D eigenvalue weighted by molar-refractivity contribution is 0.296. The molecule has 2 aromatic rings. The molecule has 0 saturated carbocycles. The third-order valence-electron chi connectivity index (χ3n) is 2.45. The lowest BCUT2D eigenvalue weighted by Crippen LogP contribution is -2.02. The van der Waals surface area contributed by atoms with Gasteiger partial charge in [-0.05, 0) is 31.2 Å². The highest BCUT2D eigenvalue weighted by atomic mass is 19.2. The molecule has 0 fully saturated rings. The highest BCUT2D eigenvalue weighted by molar-refractivity contribution is 5.59. The van der Waals surface area contributed by atoms with Gasteiger partial charge in [-0.3, -0.25) is 0 Å². The SMILES string of the molecule is Cc1cc(-c2ccc(F)c(F)c2)nc(CCO)n1. The summed E-state index contributed by atoms with van der Waals surface area (Å²) in [5.74, 6) is -1.31. The zero-order valence-electron chi connectivity index (χ0n) is 9.82. The number of aromatic nitrogens is 2. The van der Waals surface area contributed by atoms with Crippen LogP contribution in [0.1, 0.15) is 11.5 Å². The predicted octanol–water partition coefficient (Wildman–Crippen LogP) is 2.27. The van der Waals surface area contributed by atoms with Crippen molar-refractivity contribution >= 4 is 0 Å². The first-order valence-corrected chi connectivity index (χ1v) is 5.51.